The fourth-order valence-corrected chi connectivity index (χ4v) is 1.73. The standard InChI is InChI=1S/C8H12N2/c1-6-2-3-7-8(6)10-5-4-9-7/h5-6,8H,2-4H2,1H3. The highest BCUT2D eigenvalue weighted by Gasteiger charge is 2.29. The molecule has 2 unspecified atom stereocenters. The van der Waals surface area contributed by atoms with Gasteiger partial charge >= 0.3 is 0 Å². The van der Waals surface area contributed by atoms with Crippen molar-refractivity contribution in [2.45, 2.75) is 25.8 Å². The lowest BCUT2D eigenvalue weighted by Gasteiger charge is -2.13. The van der Waals surface area contributed by atoms with Crippen LogP contribution < -0.4 is 0 Å². The van der Waals surface area contributed by atoms with Crippen molar-refractivity contribution in [3.05, 3.63) is 0 Å². The Kier molecular flexibility index (Phi) is 1.33. The zero-order valence-corrected chi connectivity index (χ0v) is 6.25. The highest BCUT2D eigenvalue weighted by molar-refractivity contribution is 5.95. The van der Waals surface area contributed by atoms with E-state index in [4.69, 9.17) is 0 Å². The Balaban J connectivity index is 2.23. The second-order valence-corrected chi connectivity index (χ2v) is 3.12. The molecular formula is C8H12N2. The number of hydrogen-bond donors (Lipinski definition) is 0. The molecule has 2 atom stereocenters. The minimum Gasteiger partial charge on any atom is -0.286 e. The fourth-order valence-electron chi connectivity index (χ4n) is 1.73. The molecule has 1 saturated carbocycles. The number of fused-ring (bicyclic) bond motifs is 1. The molecule has 2 heteroatoms. The third kappa shape index (κ3) is 0.789. The Labute approximate surface area is 61.1 Å². The van der Waals surface area contributed by atoms with Crippen LogP contribution in [0.25, 0.3) is 0 Å². The first kappa shape index (κ1) is 6.08. The molecule has 0 saturated heterocycles. The van der Waals surface area contributed by atoms with Gasteiger partial charge < -0.3 is 0 Å². The van der Waals surface area contributed by atoms with Crippen molar-refractivity contribution in [1.29, 1.82) is 0 Å². The molecule has 1 fully saturated rings. The van der Waals surface area contributed by atoms with Gasteiger partial charge in [-0.1, -0.05) is 6.92 Å². The smallest absolute Gasteiger partial charge is 0.0898 e. The summed E-state index contributed by atoms with van der Waals surface area (Å²) in [6.07, 6.45) is 4.40. The molecule has 0 aromatic heterocycles. The van der Waals surface area contributed by atoms with E-state index >= 15 is 0 Å². The maximum absolute atomic E-state index is 4.42. The molecule has 0 N–H and O–H groups in total. The molecule has 54 valence electrons. The van der Waals surface area contributed by atoms with E-state index in [-0.39, 0.29) is 0 Å². The summed E-state index contributed by atoms with van der Waals surface area (Å²) in [5.41, 5.74) is 1.34. The summed E-state index contributed by atoms with van der Waals surface area (Å²) in [5.74, 6) is 0.732. The quantitative estimate of drug-likeness (QED) is 0.479. The van der Waals surface area contributed by atoms with Crippen molar-refractivity contribution < 1.29 is 0 Å². The Morgan fingerprint density at radius 1 is 1.60 bits per heavy atom. The summed E-state index contributed by atoms with van der Waals surface area (Å²) >= 11 is 0. The summed E-state index contributed by atoms with van der Waals surface area (Å²) in [6.45, 7) is 3.08. The SMILES string of the molecule is CC1CCC2=NCC=NC21. The van der Waals surface area contributed by atoms with E-state index in [9.17, 15) is 0 Å². The van der Waals surface area contributed by atoms with Gasteiger partial charge in [0, 0.05) is 11.9 Å². The normalized spacial score (nSPS) is 37.5. The predicted octanol–water partition coefficient (Wildman–Crippen LogP) is 1.31. The van der Waals surface area contributed by atoms with Crippen molar-refractivity contribution in [3.8, 4) is 0 Å². The van der Waals surface area contributed by atoms with Crippen LogP contribution in [0.5, 0.6) is 0 Å². The topological polar surface area (TPSA) is 24.7 Å². The molecule has 0 aromatic carbocycles. The summed E-state index contributed by atoms with van der Waals surface area (Å²) in [4.78, 5) is 8.83. The van der Waals surface area contributed by atoms with Gasteiger partial charge in [0.2, 0.25) is 0 Å². The Morgan fingerprint density at radius 3 is 3.30 bits per heavy atom. The number of aliphatic imine (C=N–C) groups is 2. The van der Waals surface area contributed by atoms with Gasteiger partial charge in [0.05, 0.1) is 12.6 Å². The summed E-state index contributed by atoms with van der Waals surface area (Å²) < 4.78 is 0. The molecular weight excluding hydrogens is 124 g/mol. The van der Waals surface area contributed by atoms with Gasteiger partial charge in [0.1, 0.15) is 0 Å². The molecule has 0 bridgehead atoms. The van der Waals surface area contributed by atoms with E-state index in [2.05, 4.69) is 16.9 Å². The Hall–Kier alpha value is -0.660. The molecule has 2 aliphatic rings. The average Bonchev–Trinajstić information content (AvgIpc) is 2.34. The third-order valence-electron chi connectivity index (χ3n) is 2.38. The highest BCUT2D eigenvalue weighted by Crippen LogP contribution is 2.26. The average molecular weight is 136 g/mol. The summed E-state index contributed by atoms with van der Waals surface area (Å²) in [5, 5.41) is 0. The van der Waals surface area contributed by atoms with Crippen LogP contribution in [0, 0.1) is 5.92 Å². The lowest BCUT2D eigenvalue weighted by atomic mass is 10.1. The van der Waals surface area contributed by atoms with E-state index in [0.29, 0.717) is 6.04 Å². The molecule has 1 aliphatic heterocycles. The van der Waals surface area contributed by atoms with E-state index in [1.807, 2.05) is 6.21 Å². The van der Waals surface area contributed by atoms with Crippen LogP contribution in [0.15, 0.2) is 9.98 Å². The van der Waals surface area contributed by atoms with Crippen LogP contribution in [-0.4, -0.2) is 24.5 Å². The monoisotopic (exact) mass is 136 g/mol. The lowest BCUT2D eigenvalue weighted by molar-refractivity contribution is 0.562. The zero-order valence-electron chi connectivity index (χ0n) is 6.25. The molecule has 0 aromatic rings. The number of rotatable bonds is 0. The predicted molar refractivity (Wildman–Crippen MR) is 43.0 cm³/mol. The first-order valence-electron chi connectivity index (χ1n) is 3.93. The molecule has 1 heterocycles. The first-order chi connectivity index (χ1) is 4.88. The van der Waals surface area contributed by atoms with Gasteiger partial charge in [-0.05, 0) is 18.8 Å². The lowest BCUT2D eigenvalue weighted by Crippen LogP contribution is -2.21. The van der Waals surface area contributed by atoms with Crippen molar-refractivity contribution in [3.63, 3.8) is 0 Å². The van der Waals surface area contributed by atoms with Crippen LogP contribution in [0.4, 0.5) is 0 Å². The fraction of sp³-hybridized carbons (Fsp3) is 0.750. The van der Waals surface area contributed by atoms with Crippen LogP contribution in [-0.2, 0) is 0 Å². The van der Waals surface area contributed by atoms with Crippen LogP contribution in [0.3, 0.4) is 0 Å². The van der Waals surface area contributed by atoms with Gasteiger partial charge in [-0.25, -0.2) is 0 Å². The van der Waals surface area contributed by atoms with Crippen LogP contribution in [0.1, 0.15) is 19.8 Å². The van der Waals surface area contributed by atoms with Gasteiger partial charge in [-0.15, -0.1) is 0 Å². The molecule has 0 spiro atoms. The second-order valence-electron chi connectivity index (χ2n) is 3.12. The molecule has 0 amide bonds. The number of nitrogens with zero attached hydrogens (tertiary/aromatic N) is 2. The number of hydrogen-bond acceptors (Lipinski definition) is 2. The molecule has 10 heavy (non-hydrogen) atoms. The van der Waals surface area contributed by atoms with E-state index in [1.54, 1.807) is 0 Å². The highest BCUT2D eigenvalue weighted by atomic mass is 14.9. The maximum Gasteiger partial charge on any atom is 0.0898 e. The second kappa shape index (κ2) is 2.19. The van der Waals surface area contributed by atoms with Crippen LogP contribution >= 0.6 is 0 Å². The van der Waals surface area contributed by atoms with E-state index in [0.717, 1.165) is 12.5 Å². The molecule has 1 aliphatic carbocycles. The van der Waals surface area contributed by atoms with Crippen molar-refractivity contribution in [2.75, 3.05) is 6.54 Å². The Morgan fingerprint density at radius 2 is 2.50 bits per heavy atom. The minimum absolute atomic E-state index is 0.453. The maximum atomic E-state index is 4.42. The zero-order chi connectivity index (χ0) is 6.97. The molecule has 0 radical (unpaired) electrons. The molecule has 2 rings (SSSR count). The first-order valence-corrected chi connectivity index (χ1v) is 3.93. The van der Waals surface area contributed by atoms with Gasteiger partial charge in [0.25, 0.3) is 0 Å². The van der Waals surface area contributed by atoms with E-state index < -0.39 is 0 Å². The summed E-state index contributed by atoms with van der Waals surface area (Å²) in [7, 11) is 0. The molecule has 2 nitrogen and oxygen atoms in total. The van der Waals surface area contributed by atoms with Crippen LogP contribution in [0.2, 0.25) is 0 Å². The van der Waals surface area contributed by atoms with Gasteiger partial charge in [0.15, 0.2) is 0 Å². The summed E-state index contributed by atoms with van der Waals surface area (Å²) in [6, 6.07) is 0.453. The van der Waals surface area contributed by atoms with Gasteiger partial charge in [-0.3, -0.25) is 9.98 Å². The van der Waals surface area contributed by atoms with Crippen molar-refractivity contribution >= 4 is 11.9 Å². The largest absolute Gasteiger partial charge is 0.286 e. The Bertz CT molecular complexity index is 193. The van der Waals surface area contributed by atoms with Crippen molar-refractivity contribution in [2.24, 2.45) is 15.9 Å². The van der Waals surface area contributed by atoms with E-state index in [1.165, 1.54) is 18.6 Å². The minimum atomic E-state index is 0.453. The third-order valence-corrected chi connectivity index (χ3v) is 2.38. The van der Waals surface area contributed by atoms with Gasteiger partial charge in [-0.2, -0.15) is 0 Å². The van der Waals surface area contributed by atoms with Crippen molar-refractivity contribution in [1.82, 2.24) is 0 Å².